The molecule has 4 atom stereocenters. The third kappa shape index (κ3) is 9.26. The summed E-state index contributed by atoms with van der Waals surface area (Å²) >= 11 is 0. The van der Waals surface area contributed by atoms with Gasteiger partial charge in [-0.1, -0.05) is 78.4 Å². The normalized spacial score (nSPS) is 22.2. The standard InChI is InChI=1S/C35H40O12S/c1-25-15-17-31(18-16-25)48(39,40)44-24-34(23-41-21-29-11-7-5-8-12-29)35(19-20-42-26(2)36,43-22-30-13-9-6-10-14-30)32(45-27(3)37)33(47-34)46-28(4)38/h5-18,32-33H,19-24H2,1-4H3. The molecule has 0 aromatic heterocycles. The average Bonchev–Trinajstić information content (AvgIpc) is 3.27. The molecule has 0 N–H and O–H groups in total. The average molecular weight is 685 g/mol. The lowest BCUT2D eigenvalue weighted by atomic mass is 9.78. The van der Waals surface area contributed by atoms with Crippen LogP contribution in [0.25, 0.3) is 0 Å². The molecule has 4 unspecified atom stereocenters. The summed E-state index contributed by atoms with van der Waals surface area (Å²) in [5.41, 5.74) is -1.47. The third-order valence-corrected chi connectivity index (χ3v) is 8.99. The van der Waals surface area contributed by atoms with Crippen molar-refractivity contribution in [2.24, 2.45) is 0 Å². The van der Waals surface area contributed by atoms with Crippen molar-refractivity contribution < 1.29 is 55.4 Å². The molecule has 3 aromatic carbocycles. The van der Waals surface area contributed by atoms with E-state index in [1.165, 1.54) is 19.1 Å². The molecule has 258 valence electrons. The van der Waals surface area contributed by atoms with Gasteiger partial charge in [-0.15, -0.1) is 0 Å². The Bertz CT molecular complexity index is 1630. The summed E-state index contributed by atoms with van der Waals surface area (Å²) in [6.45, 7) is 3.90. The van der Waals surface area contributed by atoms with Crippen LogP contribution in [0.15, 0.2) is 89.8 Å². The Morgan fingerprint density at radius 1 is 0.750 bits per heavy atom. The summed E-state index contributed by atoms with van der Waals surface area (Å²) in [5.74, 6) is -2.14. The molecule has 1 heterocycles. The minimum atomic E-state index is -4.40. The molecule has 0 spiro atoms. The summed E-state index contributed by atoms with van der Waals surface area (Å²) < 4.78 is 68.6. The van der Waals surface area contributed by atoms with E-state index in [1.807, 2.05) is 43.3 Å². The fourth-order valence-electron chi connectivity index (χ4n) is 5.44. The molecule has 1 fully saturated rings. The Kier molecular flexibility index (Phi) is 12.5. The first-order valence-electron chi connectivity index (χ1n) is 15.3. The zero-order valence-corrected chi connectivity index (χ0v) is 28.1. The van der Waals surface area contributed by atoms with Crippen molar-refractivity contribution in [2.45, 2.75) is 75.8 Å². The predicted octanol–water partition coefficient (Wildman–Crippen LogP) is 4.42. The lowest BCUT2D eigenvalue weighted by Gasteiger charge is -2.44. The summed E-state index contributed by atoms with van der Waals surface area (Å²) in [5, 5.41) is 0. The van der Waals surface area contributed by atoms with Gasteiger partial charge in [0, 0.05) is 27.2 Å². The van der Waals surface area contributed by atoms with Crippen molar-refractivity contribution in [2.75, 3.05) is 19.8 Å². The summed E-state index contributed by atoms with van der Waals surface area (Å²) in [6.07, 6.45) is -3.28. The van der Waals surface area contributed by atoms with Gasteiger partial charge in [-0.25, -0.2) is 0 Å². The van der Waals surface area contributed by atoms with E-state index in [-0.39, 0.29) is 31.1 Å². The molecule has 0 amide bonds. The minimum Gasteiger partial charge on any atom is -0.466 e. The number of benzene rings is 3. The fourth-order valence-corrected chi connectivity index (χ4v) is 6.39. The number of carbonyl (C=O) groups excluding carboxylic acids is 3. The maximum absolute atomic E-state index is 13.6. The van der Waals surface area contributed by atoms with E-state index < -0.39 is 64.8 Å². The molecule has 1 saturated heterocycles. The molecule has 1 aliphatic rings. The van der Waals surface area contributed by atoms with Crippen LogP contribution < -0.4 is 0 Å². The molecule has 0 aliphatic carbocycles. The number of esters is 3. The van der Waals surface area contributed by atoms with Crippen LogP contribution in [0.5, 0.6) is 0 Å². The largest absolute Gasteiger partial charge is 0.466 e. The van der Waals surface area contributed by atoms with Crippen molar-refractivity contribution >= 4 is 28.0 Å². The van der Waals surface area contributed by atoms with Crippen LogP contribution in [0.4, 0.5) is 0 Å². The number of hydrogen-bond donors (Lipinski definition) is 0. The molecular formula is C35H40O12S. The van der Waals surface area contributed by atoms with Crippen LogP contribution in [0.3, 0.4) is 0 Å². The first-order valence-corrected chi connectivity index (χ1v) is 16.7. The molecule has 4 rings (SSSR count). The number of ether oxygens (including phenoxy) is 6. The smallest absolute Gasteiger partial charge is 0.305 e. The first kappa shape index (κ1) is 36.7. The second-order valence-corrected chi connectivity index (χ2v) is 13.0. The van der Waals surface area contributed by atoms with E-state index in [0.717, 1.165) is 25.0 Å². The zero-order chi connectivity index (χ0) is 34.8. The molecule has 0 radical (unpaired) electrons. The highest BCUT2D eigenvalue weighted by Crippen LogP contribution is 2.49. The van der Waals surface area contributed by atoms with Gasteiger partial charge in [0.1, 0.15) is 12.2 Å². The SMILES string of the molecule is CC(=O)OCCC1(OCc2ccccc2)C(OC(C)=O)C(OC(C)=O)OC1(COCc1ccccc1)COS(=O)(=O)c1ccc(C)cc1. The van der Waals surface area contributed by atoms with Crippen LogP contribution in [0, 0.1) is 6.92 Å². The van der Waals surface area contributed by atoms with E-state index in [2.05, 4.69) is 0 Å². The number of hydrogen-bond acceptors (Lipinski definition) is 12. The Labute approximate surface area is 280 Å². The number of carbonyl (C=O) groups is 3. The van der Waals surface area contributed by atoms with Crippen LogP contribution in [-0.2, 0) is 70.3 Å². The van der Waals surface area contributed by atoms with E-state index in [0.29, 0.717) is 5.56 Å². The Hall–Kier alpha value is -4.14. The molecule has 48 heavy (non-hydrogen) atoms. The maximum Gasteiger partial charge on any atom is 0.305 e. The Balaban J connectivity index is 1.86. The van der Waals surface area contributed by atoms with Crippen molar-refractivity contribution in [1.82, 2.24) is 0 Å². The second-order valence-electron chi connectivity index (χ2n) is 11.4. The molecule has 0 saturated carbocycles. The lowest BCUT2D eigenvalue weighted by Crippen LogP contribution is -2.64. The molecule has 0 bridgehead atoms. The van der Waals surface area contributed by atoms with E-state index in [4.69, 9.17) is 32.6 Å². The van der Waals surface area contributed by atoms with Gasteiger partial charge in [-0.3, -0.25) is 18.6 Å². The van der Waals surface area contributed by atoms with Crippen LogP contribution in [0.2, 0.25) is 0 Å². The van der Waals surface area contributed by atoms with Crippen molar-refractivity contribution in [3.8, 4) is 0 Å². The first-order chi connectivity index (χ1) is 22.9. The molecule has 1 aliphatic heterocycles. The molecule has 13 heteroatoms. The maximum atomic E-state index is 13.6. The summed E-state index contributed by atoms with van der Waals surface area (Å²) in [4.78, 5) is 36.8. The highest BCUT2D eigenvalue weighted by atomic mass is 32.2. The monoisotopic (exact) mass is 684 g/mol. The van der Waals surface area contributed by atoms with Crippen LogP contribution in [-0.4, -0.2) is 69.7 Å². The Morgan fingerprint density at radius 2 is 1.33 bits per heavy atom. The Morgan fingerprint density at radius 3 is 1.90 bits per heavy atom. The summed E-state index contributed by atoms with van der Waals surface area (Å²) in [7, 11) is -4.40. The highest BCUT2D eigenvalue weighted by molar-refractivity contribution is 7.86. The lowest BCUT2D eigenvalue weighted by molar-refractivity contribution is -0.234. The van der Waals surface area contributed by atoms with Gasteiger partial charge in [-0.2, -0.15) is 8.42 Å². The van der Waals surface area contributed by atoms with Crippen LogP contribution >= 0.6 is 0 Å². The topological polar surface area (TPSA) is 150 Å². The van der Waals surface area contributed by atoms with Gasteiger partial charge in [-0.05, 0) is 30.2 Å². The van der Waals surface area contributed by atoms with Gasteiger partial charge >= 0.3 is 17.9 Å². The third-order valence-electron chi connectivity index (χ3n) is 7.72. The van der Waals surface area contributed by atoms with Crippen molar-refractivity contribution in [3.63, 3.8) is 0 Å². The van der Waals surface area contributed by atoms with Gasteiger partial charge in [0.05, 0.1) is 31.3 Å². The van der Waals surface area contributed by atoms with E-state index in [1.54, 1.807) is 36.4 Å². The van der Waals surface area contributed by atoms with Crippen LogP contribution in [0.1, 0.15) is 43.9 Å². The zero-order valence-electron chi connectivity index (χ0n) is 27.3. The molecule has 3 aromatic rings. The van der Waals surface area contributed by atoms with Gasteiger partial charge < -0.3 is 28.4 Å². The highest BCUT2D eigenvalue weighted by Gasteiger charge is 2.70. The van der Waals surface area contributed by atoms with Gasteiger partial charge in [0.25, 0.3) is 10.1 Å². The molecule has 12 nitrogen and oxygen atoms in total. The van der Waals surface area contributed by atoms with Crippen molar-refractivity contribution in [3.05, 3.63) is 102 Å². The van der Waals surface area contributed by atoms with Crippen molar-refractivity contribution in [1.29, 1.82) is 0 Å². The predicted molar refractivity (Wildman–Crippen MR) is 171 cm³/mol. The van der Waals surface area contributed by atoms with E-state index >= 15 is 0 Å². The summed E-state index contributed by atoms with van der Waals surface area (Å²) in [6, 6.07) is 24.3. The number of rotatable bonds is 16. The quantitative estimate of drug-likeness (QED) is 0.119. The number of aryl methyl sites for hydroxylation is 1. The van der Waals surface area contributed by atoms with Gasteiger partial charge in [0.15, 0.2) is 11.7 Å². The van der Waals surface area contributed by atoms with E-state index in [9.17, 15) is 22.8 Å². The fraction of sp³-hybridized carbons (Fsp3) is 0.400. The second kappa shape index (κ2) is 16.3. The molecular weight excluding hydrogens is 644 g/mol. The minimum absolute atomic E-state index is 0.0613. The van der Waals surface area contributed by atoms with Gasteiger partial charge in [0.2, 0.25) is 6.29 Å².